The third kappa shape index (κ3) is 3.29. The summed E-state index contributed by atoms with van der Waals surface area (Å²) in [4.78, 5) is 12.8. The van der Waals surface area contributed by atoms with Crippen molar-refractivity contribution in [2.24, 2.45) is 0 Å². The third-order valence-corrected chi connectivity index (χ3v) is 4.99. The molecule has 0 bridgehead atoms. The van der Waals surface area contributed by atoms with Crippen molar-refractivity contribution >= 4 is 5.91 Å². The molecule has 21 heavy (non-hydrogen) atoms. The van der Waals surface area contributed by atoms with Crippen molar-refractivity contribution < 1.29 is 4.79 Å². The van der Waals surface area contributed by atoms with Crippen molar-refractivity contribution in [3.05, 3.63) is 35.4 Å². The Morgan fingerprint density at radius 2 is 1.86 bits per heavy atom. The highest BCUT2D eigenvalue weighted by atomic mass is 16.2. The normalized spacial score (nSPS) is 26.7. The third-order valence-electron chi connectivity index (χ3n) is 4.99. The number of hydrogen-bond donors (Lipinski definition) is 2. The van der Waals surface area contributed by atoms with Gasteiger partial charge >= 0.3 is 0 Å². The molecule has 1 aliphatic carbocycles. The Labute approximate surface area is 127 Å². The van der Waals surface area contributed by atoms with Crippen molar-refractivity contribution in [3.8, 4) is 0 Å². The van der Waals surface area contributed by atoms with Crippen LogP contribution in [-0.4, -0.2) is 18.0 Å². The number of fused-ring (bicyclic) bond motifs is 1. The molecular weight excluding hydrogens is 260 g/mol. The van der Waals surface area contributed by atoms with E-state index in [1.165, 1.54) is 36.8 Å². The zero-order valence-electron chi connectivity index (χ0n) is 12.9. The molecule has 2 atom stereocenters. The van der Waals surface area contributed by atoms with Crippen LogP contribution in [0, 0.1) is 0 Å². The van der Waals surface area contributed by atoms with Gasteiger partial charge in [-0.2, -0.15) is 0 Å². The fourth-order valence-electron chi connectivity index (χ4n) is 3.74. The van der Waals surface area contributed by atoms with Crippen LogP contribution in [0.15, 0.2) is 24.3 Å². The van der Waals surface area contributed by atoms with Crippen molar-refractivity contribution in [1.82, 2.24) is 10.6 Å². The first-order valence-electron chi connectivity index (χ1n) is 8.37. The molecule has 0 aromatic heterocycles. The summed E-state index contributed by atoms with van der Waals surface area (Å²) in [5, 5.41) is 6.78. The van der Waals surface area contributed by atoms with Gasteiger partial charge in [0.25, 0.3) is 0 Å². The molecule has 3 nitrogen and oxygen atoms in total. The first kappa shape index (κ1) is 14.6. The van der Waals surface area contributed by atoms with Crippen molar-refractivity contribution in [1.29, 1.82) is 0 Å². The number of carbonyl (C=O) groups excluding carboxylic acids is 1. The molecule has 0 saturated heterocycles. The van der Waals surface area contributed by atoms with Crippen molar-refractivity contribution in [2.75, 3.05) is 0 Å². The Balaban J connectivity index is 1.74. The molecule has 2 aliphatic rings. The number of amides is 1. The van der Waals surface area contributed by atoms with E-state index >= 15 is 0 Å². The van der Waals surface area contributed by atoms with Crippen LogP contribution >= 0.6 is 0 Å². The number of rotatable bonds is 2. The smallest absolute Gasteiger partial charge is 0.229 e. The van der Waals surface area contributed by atoms with Crippen molar-refractivity contribution in [3.63, 3.8) is 0 Å². The highest BCUT2D eigenvalue weighted by Gasteiger charge is 2.32. The van der Waals surface area contributed by atoms with Gasteiger partial charge in [0.1, 0.15) is 0 Å². The van der Waals surface area contributed by atoms with Crippen molar-refractivity contribution in [2.45, 2.75) is 70.0 Å². The van der Waals surface area contributed by atoms with E-state index in [9.17, 15) is 4.79 Å². The standard InChI is InChI=1S/C18H26N2O/c1-13-17(16-11-7-6-8-14(16)12-19-13)18(21)20-15-9-4-2-3-5-10-15/h6-8,11,13,15,17,19H,2-5,9-10,12H2,1H3,(H,20,21). The SMILES string of the molecule is CC1NCc2ccccc2C1C(=O)NC1CCCCCC1. The van der Waals surface area contributed by atoms with Gasteiger partial charge < -0.3 is 10.6 Å². The van der Waals surface area contributed by atoms with E-state index in [-0.39, 0.29) is 17.9 Å². The molecule has 3 heteroatoms. The van der Waals surface area contributed by atoms with Gasteiger partial charge in [0.05, 0.1) is 5.92 Å². The van der Waals surface area contributed by atoms with E-state index in [2.05, 4.69) is 35.8 Å². The number of hydrogen-bond acceptors (Lipinski definition) is 2. The largest absolute Gasteiger partial charge is 0.353 e. The predicted octanol–water partition coefficient (Wildman–Crippen LogP) is 3.10. The molecule has 1 amide bonds. The van der Waals surface area contributed by atoms with E-state index in [1.807, 2.05) is 6.07 Å². The van der Waals surface area contributed by atoms with E-state index < -0.39 is 0 Å². The van der Waals surface area contributed by atoms with Gasteiger partial charge in [0.2, 0.25) is 5.91 Å². The summed E-state index contributed by atoms with van der Waals surface area (Å²) in [6, 6.07) is 8.91. The van der Waals surface area contributed by atoms with Crippen LogP contribution in [0.3, 0.4) is 0 Å². The quantitative estimate of drug-likeness (QED) is 0.820. The predicted molar refractivity (Wildman–Crippen MR) is 85.1 cm³/mol. The summed E-state index contributed by atoms with van der Waals surface area (Å²) >= 11 is 0. The fraction of sp³-hybridized carbons (Fsp3) is 0.611. The second-order valence-corrected chi connectivity index (χ2v) is 6.54. The lowest BCUT2D eigenvalue weighted by Crippen LogP contribution is -2.47. The summed E-state index contributed by atoms with van der Waals surface area (Å²) in [5.74, 6) is 0.146. The average molecular weight is 286 g/mol. The zero-order valence-corrected chi connectivity index (χ0v) is 12.9. The summed E-state index contributed by atoms with van der Waals surface area (Å²) in [7, 11) is 0. The minimum absolute atomic E-state index is 0.0572. The maximum absolute atomic E-state index is 12.8. The number of nitrogens with one attached hydrogen (secondary N) is 2. The second-order valence-electron chi connectivity index (χ2n) is 6.54. The molecule has 1 aromatic rings. The highest BCUT2D eigenvalue weighted by molar-refractivity contribution is 5.85. The average Bonchev–Trinajstić information content (AvgIpc) is 2.75. The Morgan fingerprint density at radius 1 is 1.14 bits per heavy atom. The van der Waals surface area contributed by atoms with E-state index in [0.29, 0.717) is 6.04 Å². The van der Waals surface area contributed by atoms with Crippen LogP contribution < -0.4 is 10.6 Å². The number of benzene rings is 1. The molecule has 1 saturated carbocycles. The van der Waals surface area contributed by atoms with Crippen LogP contribution in [-0.2, 0) is 11.3 Å². The van der Waals surface area contributed by atoms with Gasteiger partial charge in [0, 0.05) is 18.6 Å². The van der Waals surface area contributed by atoms with Crippen LogP contribution in [0.25, 0.3) is 0 Å². The van der Waals surface area contributed by atoms with E-state index in [0.717, 1.165) is 19.4 Å². The lowest BCUT2D eigenvalue weighted by Gasteiger charge is -2.32. The number of carbonyl (C=O) groups is 1. The molecule has 1 aliphatic heterocycles. The fourth-order valence-corrected chi connectivity index (χ4v) is 3.74. The Bertz CT molecular complexity index is 492. The minimum atomic E-state index is -0.0572. The topological polar surface area (TPSA) is 41.1 Å². The molecule has 2 N–H and O–H groups in total. The van der Waals surface area contributed by atoms with Crippen LogP contribution in [0.4, 0.5) is 0 Å². The Hall–Kier alpha value is -1.35. The molecule has 0 radical (unpaired) electrons. The molecule has 1 aromatic carbocycles. The monoisotopic (exact) mass is 286 g/mol. The molecule has 114 valence electrons. The molecular formula is C18H26N2O. The van der Waals surface area contributed by atoms with Crippen LogP contribution in [0.5, 0.6) is 0 Å². The van der Waals surface area contributed by atoms with Gasteiger partial charge in [-0.15, -0.1) is 0 Å². The summed E-state index contributed by atoms with van der Waals surface area (Å²) in [5.41, 5.74) is 2.46. The summed E-state index contributed by atoms with van der Waals surface area (Å²) in [6.07, 6.45) is 7.41. The van der Waals surface area contributed by atoms with Gasteiger partial charge in [-0.05, 0) is 30.9 Å². The van der Waals surface area contributed by atoms with Gasteiger partial charge in [-0.1, -0.05) is 49.9 Å². The highest BCUT2D eigenvalue weighted by Crippen LogP contribution is 2.29. The summed E-state index contributed by atoms with van der Waals surface area (Å²) < 4.78 is 0. The van der Waals surface area contributed by atoms with Gasteiger partial charge in [-0.3, -0.25) is 4.79 Å². The molecule has 1 heterocycles. The van der Waals surface area contributed by atoms with Gasteiger partial charge in [-0.25, -0.2) is 0 Å². The molecule has 2 unspecified atom stereocenters. The molecule has 0 spiro atoms. The maximum atomic E-state index is 12.8. The first-order chi connectivity index (χ1) is 10.3. The van der Waals surface area contributed by atoms with Gasteiger partial charge in [0.15, 0.2) is 0 Å². The zero-order chi connectivity index (χ0) is 14.7. The van der Waals surface area contributed by atoms with E-state index in [1.54, 1.807) is 0 Å². The Kier molecular flexibility index (Phi) is 4.59. The minimum Gasteiger partial charge on any atom is -0.353 e. The molecule has 3 rings (SSSR count). The Morgan fingerprint density at radius 3 is 2.62 bits per heavy atom. The maximum Gasteiger partial charge on any atom is 0.229 e. The lowest BCUT2D eigenvalue weighted by atomic mass is 9.84. The summed E-state index contributed by atoms with van der Waals surface area (Å²) in [6.45, 7) is 2.98. The first-order valence-corrected chi connectivity index (χ1v) is 8.37. The van der Waals surface area contributed by atoms with Crippen LogP contribution in [0.2, 0.25) is 0 Å². The second kappa shape index (κ2) is 6.61. The van der Waals surface area contributed by atoms with Crippen LogP contribution in [0.1, 0.15) is 62.5 Å². The molecule has 1 fully saturated rings. The lowest BCUT2D eigenvalue weighted by molar-refractivity contribution is -0.124. The van der Waals surface area contributed by atoms with E-state index in [4.69, 9.17) is 0 Å².